The average Bonchev–Trinajstić information content (AvgIpc) is 3.24. The Kier molecular flexibility index (Phi) is 4.47. The minimum absolute atomic E-state index is 0.0465. The van der Waals surface area contributed by atoms with Gasteiger partial charge in [-0.3, -0.25) is 4.79 Å². The van der Waals surface area contributed by atoms with E-state index in [-0.39, 0.29) is 22.8 Å². The third-order valence-corrected chi connectivity index (χ3v) is 8.01. The van der Waals surface area contributed by atoms with Gasteiger partial charge in [0.15, 0.2) is 0 Å². The monoisotopic (exact) mass is 415 g/mol. The van der Waals surface area contributed by atoms with Crippen molar-refractivity contribution in [3.63, 3.8) is 0 Å². The first-order chi connectivity index (χ1) is 14.8. The van der Waals surface area contributed by atoms with Gasteiger partial charge in [-0.15, -0.1) is 0 Å². The molecule has 2 unspecified atom stereocenters. The van der Waals surface area contributed by atoms with Crippen LogP contribution in [0, 0.1) is 5.41 Å². The van der Waals surface area contributed by atoms with Crippen LogP contribution in [-0.4, -0.2) is 38.1 Å². The molecule has 0 radical (unpaired) electrons. The van der Waals surface area contributed by atoms with Crippen LogP contribution in [0.5, 0.6) is 5.75 Å². The van der Waals surface area contributed by atoms with Gasteiger partial charge in [0.05, 0.1) is 6.33 Å². The van der Waals surface area contributed by atoms with Gasteiger partial charge in [0.1, 0.15) is 5.75 Å². The lowest BCUT2D eigenvalue weighted by molar-refractivity contribution is -0.0266. The highest BCUT2D eigenvalue weighted by atomic mass is 16.3. The summed E-state index contributed by atoms with van der Waals surface area (Å²) in [5.41, 5.74) is 3.93. The fraction of sp³-hybridized carbons (Fsp3) is 0.385. The molecule has 1 N–H and O–H groups in total. The Morgan fingerprint density at radius 3 is 2.65 bits per heavy atom. The number of imidazole rings is 1. The summed E-state index contributed by atoms with van der Waals surface area (Å²) in [6.45, 7) is 8.32. The predicted octanol–water partition coefficient (Wildman–Crippen LogP) is 4.39. The molecule has 31 heavy (non-hydrogen) atoms. The van der Waals surface area contributed by atoms with Crippen LogP contribution in [0.2, 0.25) is 0 Å². The van der Waals surface area contributed by atoms with Gasteiger partial charge in [0.25, 0.3) is 5.91 Å². The summed E-state index contributed by atoms with van der Waals surface area (Å²) in [6, 6.07) is 13.8. The first-order valence-electron chi connectivity index (χ1n) is 11.0. The second-order valence-electron chi connectivity index (χ2n) is 9.76. The second kappa shape index (κ2) is 6.98. The van der Waals surface area contributed by atoms with Gasteiger partial charge < -0.3 is 14.6 Å². The maximum atomic E-state index is 13.6. The topological polar surface area (TPSA) is 58.4 Å². The van der Waals surface area contributed by atoms with Gasteiger partial charge in [0, 0.05) is 42.5 Å². The van der Waals surface area contributed by atoms with E-state index in [0.717, 1.165) is 36.2 Å². The SMILES string of the molecule is CC12CCN(C(=O)c3ccc(Cn4ccnc4)cc3)C(Cc3c(O)cccc31)C2(C)C. The summed E-state index contributed by atoms with van der Waals surface area (Å²) >= 11 is 0. The summed E-state index contributed by atoms with van der Waals surface area (Å²) < 4.78 is 2.01. The van der Waals surface area contributed by atoms with E-state index < -0.39 is 0 Å². The van der Waals surface area contributed by atoms with Crippen molar-refractivity contribution in [3.05, 3.63) is 83.4 Å². The fourth-order valence-electron chi connectivity index (χ4n) is 5.68. The van der Waals surface area contributed by atoms with E-state index >= 15 is 0 Å². The lowest BCUT2D eigenvalue weighted by Crippen LogP contribution is -2.64. The van der Waals surface area contributed by atoms with E-state index in [1.807, 2.05) is 46.0 Å². The fourth-order valence-corrected chi connectivity index (χ4v) is 5.68. The van der Waals surface area contributed by atoms with E-state index in [9.17, 15) is 9.90 Å². The van der Waals surface area contributed by atoms with Gasteiger partial charge in [-0.1, -0.05) is 45.0 Å². The first-order valence-corrected chi connectivity index (χ1v) is 11.0. The predicted molar refractivity (Wildman–Crippen MR) is 120 cm³/mol. The maximum absolute atomic E-state index is 13.6. The number of phenols is 1. The number of aromatic hydroxyl groups is 1. The average molecular weight is 416 g/mol. The number of amides is 1. The molecule has 1 fully saturated rings. The number of hydrogen-bond acceptors (Lipinski definition) is 3. The molecule has 2 aliphatic rings. The number of rotatable bonds is 3. The van der Waals surface area contributed by atoms with Crippen LogP contribution in [0.3, 0.4) is 0 Å². The zero-order chi connectivity index (χ0) is 21.8. The zero-order valence-electron chi connectivity index (χ0n) is 18.4. The van der Waals surface area contributed by atoms with Crippen LogP contribution >= 0.6 is 0 Å². The van der Waals surface area contributed by atoms with E-state index in [1.165, 1.54) is 5.56 Å². The molecule has 5 rings (SSSR count). The number of carbonyl (C=O) groups is 1. The molecule has 1 aliphatic heterocycles. The molecule has 3 aromatic rings. The van der Waals surface area contributed by atoms with Crippen molar-refractivity contribution in [1.29, 1.82) is 0 Å². The highest BCUT2D eigenvalue weighted by Gasteiger charge is 2.57. The molecular weight excluding hydrogens is 386 g/mol. The lowest BCUT2D eigenvalue weighted by Gasteiger charge is -2.60. The molecule has 1 amide bonds. The molecular formula is C26H29N3O2. The quantitative estimate of drug-likeness (QED) is 0.690. The number of fused-ring (bicyclic) bond motifs is 4. The molecule has 5 heteroatoms. The molecule has 2 heterocycles. The van der Waals surface area contributed by atoms with Gasteiger partial charge in [0.2, 0.25) is 0 Å². The number of piperidine rings is 1. The minimum Gasteiger partial charge on any atom is -0.508 e. The normalized spacial score (nSPS) is 24.0. The Hall–Kier alpha value is -3.08. The van der Waals surface area contributed by atoms with E-state index in [0.29, 0.717) is 12.2 Å². The number of aromatic nitrogens is 2. The third kappa shape index (κ3) is 2.98. The largest absolute Gasteiger partial charge is 0.508 e. The van der Waals surface area contributed by atoms with E-state index in [4.69, 9.17) is 0 Å². The Morgan fingerprint density at radius 2 is 1.94 bits per heavy atom. The van der Waals surface area contributed by atoms with Crippen molar-refractivity contribution in [3.8, 4) is 5.75 Å². The van der Waals surface area contributed by atoms with Crippen LogP contribution in [0.25, 0.3) is 0 Å². The second-order valence-corrected chi connectivity index (χ2v) is 9.76. The molecule has 2 atom stereocenters. The smallest absolute Gasteiger partial charge is 0.254 e. The number of hydrogen-bond donors (Lipinski definition) is 1. The molecule has 1 aliphatic carbocycles. The molecule has 0 saturated carbocycles. The minimum atomic E-state index is -0.0942. The molecule has 1 aromatic heterocycles. The molecule has 5 nitrogen and oxygen atoms in total. The molecule has 2 aromatic carbocycles. The zero-order valence-corrected chi connectivity index (χ0v) is 18.4. The number of carbonyl (C=O) groups excluding carboxylic acids is 1. The highest BCUT2D eigenvalue weighted by Crippen LogP contribution is 2.57. The maximum Gasteiger partial charge on any atom is 0.254 e. The Balaban J connectivity index is 1.44. The van der Waals surface area contributed by atoms with Crippen LogP contribution in [0.4, 0.5) is 0 Å². The van der Waals surface area contributed by atoms with Crippen LogP contribution in [0.1, 0.15) is 54.2 Å². The summed E-state index contributed by atoms with van der Waals surface area (Å²) in [6.07, 6.45) is 7.07. The van der Waals surface area contributed by atoms with Gasteiger partial charge in [-0.05, 0) is 53.1 Å². The Bertz CT molecular complexity index is 1120. The summed E-state index contributed by atoms with van der Waals surface area (Å²) in [7, 11) is 0. The highest BCUT2D eigenvalue weighted by molar-refractivity contribution is 5.94. The lowest BCUT2D eigenvalue weighted by atomic mass is 9.51. The van der Waals surface area contributed by atoms with Crippen molar-refractivity contribution >= 4 is 5.91 Å². The van der Waals surface area contributed by atoms with Crippen molar-refractivity contribution in [2.45, 2.75) is 51.6 Å². The number of nitrogens with zero attached hydrogens (tertiary/aromatic N) is 3. The number of likely N-dealkylation sites (tertiary alicyclic amines) is 1. The number of phenolic OH excluding ortho intramolecular Hbond substituents is 1. The summed E-state index contributed by atoms with van der Waals surface area (Å²) in [5.74, 6) is 0.426. The van der Waals surface area contributed by atoms with E-state index in [1.54, 1.807) is 18.6 Å². The standard InChI is InChI=1S/C26H29N3O2/c1-25(2)23-15-20-21(5-4-6-22(20)30)26(25,3)11-13-29(23)24(31)19-9-7-18(8-10-19)16-28-14-12-27-17-28/h4-10,12,14,17,23,30H,11,13,15-16H2,1-3H3. The summed E-state index contributed by atoms with van der Waals surface area (Å²) in [4.78, 5) is 19.7. The van der Waals surface area contributed by atoms with E-state index in [2.05, 4.69) is 31.8 Å². The summed E-state index contributed by atoms with van der Waals surface area (Å²) in [5, 5.41) is 10.6. The van der Waals surface area contributed by atoms with Crippen LogP contribution < -0.4 is 0 Å². The third-order valence-electron chi connectivity index (χ3n) is 8.01. The first kappa shape index (κ1) is 19.9. The van der Waals surface area contributed by atoms with Crippen molar-refractivity contribution in [2.24, 2.45) is 5.41 Å². The molecule has 160 valence electrons. The van der Waals surface area contributed by atoms with Gasteiger partial charge in [-0.25, -0.2) is 4.98 Å². The number of benzene rings is 2. The Labute approximate surface area is 183 Å². The van der Waals surface area contributed by atoms with Crippen molar-refractivity contribution in [2.75, 3.05) is 6.54 Å². The Morgan fingerprint density at radius 1 is 1.16 bits per heavy atom. The van der Waals surface area contributed by atoms with Crippen LogP contribution in [-0.2, 0) is 18.4 Å². The molecule has 2 bridgehead atoms. The van der Waals surface area contributed by atoms with Gasteiger partial charge >= 0.3 is 0 Å². The molecule has 1 saturated heterocycles. The van der Waals surface area contributed by atoms with Crippen molar-refractivity contribution in [1.82, 2.24) is 14.5 Å². The van der Waals surface area contributed by atoms with Crippen LogP contribution in [0.15, 0.2) is 61.2 Å². The van der Waals surface area contributed by atoms with Gasteiger partial charge in [-0.2, -0.15) is 0 Å². The van der Waals surface area contributed by atoms with Crippen molar-refractivity contribution < 1.29 is 9.90 Å². The molecule has 0 spiro atoms.